The molecule has 2 unspecified atom stereocenters. The maximum Gasteiger partial charge on any atom is 0.231 e. The van der Waals surface area contributed by atoms with Gasteiger partial charge in [-0.3, -0.25) is 9.69 Å². The molecule has 4 nitrogen and oxygen atoms in total. The number of hydrogen-bond acceptors (Lipinski definition) is 3. The monoisotopic (exact) mass is 267 g/mol. The molecule has 110 valence electrons. The topological polar surface area (TPSA) is 58.4 Å². The highest BCUT2D eigenvalue weighted by atomic mass is 16.1. The molecule has 1 amide bonds. The molecule has 1 heterocycles. The molecule has 1 aliphatic carbocycles. The Kier molecular flexibility index (Phi) is 5.64. The van der Waals surface area contributed by atoms with Gasteiger partial charge in [-0.2, -0.15) is 0 Å². The normalized spacial score (nSPS) is 29.1. The Balaban J connectivity index is 1.79. The Morgan fingerprint density at radius 1 is 1.32 bits per heavy atom. The second kappa shape index (κ2) is 7.25. The molecule has 0 spiro atoms. The highest BCUT2D eigenvalue weighted by molar-refractivity contribution is 5.75. The maximum absolute atomic E-state index is 11.1. The molecule has 2 fully saturated rings. The van der Waals surface area contributed by atoms with E-state index < -0.39 is 0 Å². The van der Waals surface area contributed by atoms with Crippen LogP contribution in [0.1, 0.15) is 45.4 Å². The number of rotatable bonds is 7. The van der Waals surface area contributed by atoms with Crippen LogP contribution in [0.3, 0.4) is 0 Å². The number of carbonyl (C=O) groups excluding carboxylic acids is 1. The van der Waals surface area contributed by atoms with Gasteiger partial charge in [0, 0.05) is 19.1 Å². The van der Waals surface area contributed by atoms with Gasteiger partial charge in [-0.15, -0.1) is 0 Å². The van der Waals surface area contributed by atoms with Gasteiger partial charge in [-0.1, -0.05) is 19.8 Å². The summed E-state index contributed by atoms with van der Waals surface area (Å²) in [4.78, 5) is 13.4. The van der Waals surface area contributed by atoms with Crippen LogP contribution in [0.4, 0.5) is 0 Å². The van der Waals surface area contributed by atoms with Crippen molar-refractivity contribution in [2.24, 2.45) is 17.6 Å². The summed E-state index contributed by atoms with van der Waals surface area (Å²) in [6, 6.07) is 0.547. The van der Waals surface area contributed by atoms with Gasteiger partial charge < -0.3 is 11.1 Å². The van der Waals surface area contributed by atoms with Gasteiger partial charge in [0.25, 0.3) is 0 Å². The number of piperidine rings is 1. The fourth-order valence-corrected chi connectivity index (χ4v) is 3.45. The first kappa shape index (κ1) is 14.8. The van der Waals surface area contributed by atoms with Gasteiger partial charge in [0.1, 0.15) is 0 Å². The molecule has 1 saturated heterocycles. The molecule has 0 aromatic carbocycles. The van der Waals surface area contributed by atoms with E-state index in [1.807, 2.05) is 0 Å². The maximum atomic E-state index is 11.1. The Morgan fingerprint density at radius 3 is 2.68 bits per heavy atom. The van der Waals surface area contributed by atoms with Gasteiger partial charge in [-0.05, 0) is 44.1 Å². The molecular formula is C15H29N3O. The summed E-state index contributed by atoms with van der Waals surface area (Å²) < 4.78 is 0. The average Bonchev–Trinajstić information content (AvgIpc) is 2.26. The number of nitrogens with zero attached hydrogens (tertiary/aromatic N) is 1. The zero-order chi connectivity index (χ0) is 13.7. The van der Waals surface area contributed by atoms with Gasteiger partial charge in [-0.25, -0.2) is 0 Å². The standard InChI is InChI=1S/C15H29N3O/c1-2-4-13-7-14(17-8-12-5-3-6-12)10-18(9-13)11-15(16)19/h12-14,17H,2-11H2,1H3,(H2,16,19). The third-order valence-electron chi connectivity index (χ3n) is 4.61. The second-order valence-electron chi connectivity index (χ2n) is 6.45. The lowest BCUT2D eigenvalue weighted by Gasteiger charge is -2.39. The molecule has 19 heavy (non-hydrogen) atoms. The van der Waals surface area contributed by atoms with Crippen molar-refractivity contribution in [3.63, 3.8) is 0 Å². The van der Waals surface area contributed by atoms with Crippen molar-refractivity contribution in [3.05, 3.63) is 0 Å². The van der Waals surface area contributed by atoms with E-state index in [9.17, 15) is 4.79 Å². The van der Waals surface area contributed by atoms with Crippen LogP contribution < -0.4 is 11.1 Å². The fraction of sp³-hybridized carbons (Fsp3) is 0.933. The van der Waals surface area contributed by atoms with E-state index in [1.165, 1.54) is 38.5 Å². The first-order valence-electron chi connectivity index (χ1n) is 7.91. The van der Waals surface area contributed by atoms with Crippen molar-refractivity contribution in [3.8, 4) is 0 Å². The molecule has 0 aromatic heterocycles. The predicted octanol–water partition coefficient (Wildman–Crippen LogP) is 1.35. The smallest absolute Gasteiger partial charge is 0.231 e. The van der Waals surface area contributed by atoms with Crippen LogP contribution in [0.25, 0.3) is 0 Å². The zero-order valence-corrected chi connectivity index (χ0v) is 12.2. The molecule has 4 heteroatoms. The molecule has 0 aromatic rings. The Morgan fingerprint density at radius 2 is 2.11 bits per heavy atom. The predicted molar refractivity (Wildman–Crippen MR) is 77.8 cm³/mol. The molecule has 2 aliphatic rings. The lowest BCUT2D eigenvalue weighted by atomic mass is 9.84. The number of likely N-dealkylation sites (tertiary alicyclic amines) is 1. The molecule has 2 rings (SSSR count). The third kappa shape index (κ3) is 4.77. The molecule has 3 N–H and O–H groups in total. The molecule has 0 radical (unpaired) electrons. The van der Waals surface area contributed by atoms with Gasteiger partial charge in [0.15, 0.2) is 0 Å². The summed E-state index contributed by atoms with van der Waals surface area (Å²) in [5.41, 5.74) is 5.34. The van der Waals surface area contributed by atoms with Crippen molar-refractivity contribution in [1.82, 2.24) is 10.2 Å². The number of primary amides is 1. The largest absolute Gasteiger partial charge is 0.369 e. The van der Waals surface area contributed by atoms with Crippen LogP contribution in [0, 0.1) is 11.8 Å². The van der Waals surface area contributed by atoms with E-state index in [2.05, 4.69) is 17.1 Å². The number of hydrogen-bond donors (Lipinski definition) is 2. The number of nitrogens with two attached hydrogens (primary N) is 1. The van der Waals surface area contributed by atoms with E-state index >= 15 is 0 Å². The minimum atomic E-state index is -0.199. The zero-order valence-electron chi connectivity index (χ0n) is 12.2. The van der Waals surface area contributed by atoms with Crippen LogP contribution in [-0.4, -0.2) is 43.0 Å². The first-order chi connectivity index (χ1) is 9.17. The van der Waals surface area contributed by atoms with Gasteiger partial charge >= 0.3 is 0 Å². The quantitative estimate of drug-likeness (QED) is 0.732. The van der Waals surface area contributed by atoms with Crippen LogP contribution >= 0.6 is 0 Å². The van der Waals surface area contributed by atoms with Crippen molar-refractivity contribution >= 4 is 5.91 Å². The summed E-state index contributed by atoms with van der Waals surface area (Å²) >= 11 is 0. The van der Waals surface area contributed by atoms with Gasteiger partial charge in [0.05, 0.1) is 6.54 Å². The summed E-state index contributed by atoms with van der Waals surface area (Å²) in [5, 5.41) is 3.72. The molecular weight excluding hydrogens is 238 g/mol. The summed E-state index contributed by atoms with van der Waals surface area (Å²) in [5.74, 6) is 1.42. The highest BCUT2D eigenvalue weighted by Crippen LogP contribution is 2.26. The lowest BCUT2D eigenvalue weighted by Crippen LogP contribution is -2.52. The number of amides is 1. The van der Waals surface area contributed by atoms with Crippen LogP contribution in [0.5, 0.6) is 0 Å². The lowest BCUT2D eigenvalue weighted by molar-refractivity contribution is -0.119. The summed E-state index contributed by atoms with van der Waals surface area (Å²) in [7, 11) is 0. The SMILES string of the molecule is CCCC1CC(NCC2CCC2)CN(CC(N)=O)C1. The molecule has 2 atom stereocenters. The first-order valence-corrected chi connectivity index (χ1v) is 7.91. The number of nitrogens with one attached hydrogen (secondary N) is 1. The minimum absolute atomic E-state index is 0.199. The van der Waals surface area contributed by atoms with Crippen molar-refractivity contribution in [2.45, 2.75) is 51.5 Å². The third-order valence-corrected chi connectivity index (χ3v) is 4.61. The van der Waals surface area contributed by atoms with Crippen LogP contribution in [0.2, 0.25) is 0 Å². The Bertz CT molecular complexity index is 291. The van der Waals surface area contributed by atoms with E-state index in [1.54, 1.807) is 0 Å². The minimum Gasteiger partial charge on any atom is -0.369 e. The molecule has 1 saturated carbocycles. The summed E-state index contributed by atoms with van der Waals surface area (Å²) in [6.45, 7) is 5.84. The van der Waals surface area contributed by atoms with Crippen molar-refractivity contribution in [1.29, 1.82) is 0 Å². The fourth-order valence-electron chi connectivity index (χ4n) is 3.45. The molecule has 0 bridgehead atoms. The van der Waals surface area contributed by atoms with Gasteiger partial charge in [0.2, 0.25) is 5.91 Å². The van der Waals surface area contributed by atoms with Crippen molar-refractivity contribution < 1.29 is 4.79 Å². The van der Waals surface area contributed by atoms with Crippen molar-refractivity contribution in [2.75, 3.05) is 26.2 Å². The average molecular weight is 267 g/mol. The summed E-state index contributed by atoms with van der Waals surface area (Å²) in [6.07, 6.45) is 7.94. The van der Waals surface area contributed by atoms with Crippen LogP contribution in [-0.2, 0) is 4.79 Å². The van der Waals surface area contributed by atoms with E-state index in [-0.39, 0.29) is 5.91 Å². The van der Waals surface area contributed by atoms with E-state index in [0.29, 0.717) is 12.6 Å². The van der Waals surface area contributed by atoms with E-state index in [0.717, 1.165) is 31.5 Å². The number of carbonyl (C=O) groups is 1. The van der Waals surface area contributed by atoms with E-state index in [4.69, 9.17) is 5.73 Å². The Labute approximate surface area is 117 Å². The van der Waals surface area contributed by atoms with Crippen LogP contribution in [0.15, 0.2) is 0 Å². The molecule has 1 aliphatic heterocycles. The second-order valence-corrected chi connectivity index (χ2v) is 6.45. The Hall–Kier alpha value is -0.610. The highest BCUT2D eigenvalue weighted by Gasteiger charge is 2.28.